The van der Waals surface area contributed by atoms with Crippen molar-refractivity contribution in [1.29, 1.82) is 0 Å². The van der Waals surface area contributed by atoms with E-state index >= 15 is 0 Å². The molecule has 0 spiro atoms. The molecule has 1 aromatic heterocycles. The van der Waals surface area contributed by atoms with Crippen LogP contribution in [-0.4, -0.2) is 20.8 Å². The number of imidazole rings is 1. The maximum Gasteiger partial charge on any atom is 0.0946 e. The summed E-state index contributed by atoms with van der Waals surface area (Å²) >= 11 is 0. The van der Waals surface area contributed by atoms with Crippen molar-refractivity contribution < 1.29 is 5.11 Å². The van der Waals surface area contributed by atoms with E-state index in [4.69, 9.17) is 5.11 Å². The van der Waals surface area contributed by atoms with Gasteiger partial charge in [-0.2, -0.15) is 0 Å². The molecule has 1 rings (SSSR count). The molecule has 1 atom stereocenters. The van der Waals surface area contributed by atoms with Crippen LogP contribution in [0.1, 0.15) is 6.92 Å². The molecule has 0 fully saturated rings. The molecule has 50 valence electrons. The molecule has 0 radical (unpaired) electrons. The minimum absolute atomic E-state index is 0.292. The SMILES string of the molecule is CC(O)Cn1ccnc1. The second kappa shape index (κ2) is 2.64. The molecule has 0 bridgehead atoms. The second-order valence-electron chi connectivity index (χ2n) is 2.11. The largest absolute Gasteiger partial charge is 0.392 e. The number of aromatic nitrogens is 2. The lowest BCUT2D eigenvalue weighted by Gasteiger charge is -2.02. The highest BCUT2D eigenvalue weighted by molar-refractivity contribution is 4.74. The minimum atomic E-state index is -0.292. The van der Waals surface area contributed by atoms with E-state index in [1.807, 2.05) is 10.8 Å². The lowest BCUT2D eigenvalue weighted by atomic mass is 10.4. The Balaban J connectivity index is 2.48. The van der Waals surface area contributed by atoms with Gasteiger partial charge in [0.15, 0.2) is 0 Å². The zero-order valence-electron chi connectivity index (χ0n) is 5.36. The normalized spacial score (nSPS) is 13.6. The highest BCUT2D eigenvalue weighted by Gasteiger charge is 1.93. The van der Waals surface area contributed by atoms with Crippen molar-refractivity contribution in [2.75, 3.05) is 0 Å². The molecule has 0 aliphatic heterocycles. The second-order valence-corrected chi connectivity index (χ2v) is 2.11. The van der Waals surface area contributed by atoms with Crippen LogP contribution in [0.5, 0.6) is 0 Å². The maximum absolute atomic E-state index is 8.88. The third-order valence-electron chi connectivity index (χ3n) is 1.03. The van der Waals surface area contributed by atoms with E-state index in [0.717, 1.165) is 0 Å². The van der Waals surface area contributed by atoms with Gasteiger partial charge in [-0.1, -0.05) is 0 Å². The first-order chi connectivity index (χ1) is 4.29. The third kappa shape index (κ3) is 1.85. The van der Waals surface area contributed by atoms with E-state index in [1.165, 1.54) is 0 Å². The fourth-order valence-electron chi connectivity index (χ4n) is 0.700. The van der Waals surface area contributed by atoms with Crippen molar-refractivity contribution in [2.45, 2.75) is 19.6 Å². The zero-order chi connectivity index (χ0) is 6.69. The van der Waals surface area contributed by atoms with Gasteiger partial charge in [0.05, 0.1) is 12.4 Å². The van der Waals surface area contributed by atoms with Gasteiger partial charge in [0.1, 0.15) is 0 Å². The predicted molar refractivity (Wildman–Crippen MR) is 33.9 cm³/mol. The summed E-state index contributed by atoms with van der Waals surface area (Å²) < 4.78 is 1.84. The molecule has 0 saturated heterocycles. The lowest BCUT2D eigenvalue weighted by molar-refractivity contribution is 0.173. The summed E-state index contributed by atoms with van der Waals surface area (Å²) in [6.07, 6.45) is 4.92. The van der Waals surface area contributed by atoms with Gasteiger partial charge in [-0.15, -0.1) is 0 Å². The molecule has 3 heteroatoms. The van der Waals surface area contributed by atoms with Gasteiger partial charge in [0.25, 0.3) is 0 Å². The van der Waals surface area contributed by atoms with Crippen LogP contribution in [0.25, 0.3) is 0 Å². The molecule has 1 N–H and O–H groups in total. The summed E-state index contributed by atoms with van der Waals surface area (Å²) in [6.45, 7) is 2.38. The molecule has 9 heavy (non-hydrogen) atoms. The average molecular weight is 126 g/mol. The van der Waals surface area contributed by atoms with E-state index in [2.05, 4.69) is 4.98 Å². The smallest absolute Gasteiger partial charge is 0.0946 e. The summed E-state index contributed by atoms with van der Waals surface area (Å²) in [5.74, 6) is 0. The predicted octanol–water partition coefficient (Wildman–Crippen LogP) is 0.264. The molecule has 3 nitrogen and oxygen atoms in total. The van der Waals surface area contributed by atoms with Crippen LogP contribution < -0.4 is 0 Å². The molecule has 0 saturated carbocycles. The van der Waals surface area contributed by atoms with Crippen molar-refractivity contribution in [3.05, 3.63) is 18.7 Å². The van der Waals surface area contributed by atoms with Crippen molar-refractivity contribution in [1.82, 2.24) is 9.55 Å². The van der Waals surface area contributed by atoms with Gasteiger partial charge in [-0.3, -0.25) is 0 Å². The Morgan fingerprint density at radius 1 is 1.78 bits per heavy atom. The van der Waals surface area contributed by atoms with E-state index < -0.39 is 0 Å². The van der Waals surface area contributed by atoms with Crippen LogP contribution >= 0.6 is 0 Å². The number of nitrogens with zero attached hydrogens (tertiary/aromatic N) is 2. The van der Waals surface area contributed by atoms with E-state index in [9.17, 15) is 0 Å². The first-order valence-electron chi connectivity index (χ1n) is 2.93. The van der Waals surface area contributed by atoms with Crippen LogP contribution in [0.2, 0.25) is 0 Å². The van der Waals surface area contributed by atoms with Crippen molar-refractivity contribution >= 4 is 0 Å². The summed E-state index contributed by atoms with van der Waals surface area (Å²) in [7, 11) is 0. The average Bonchev–Trinajstić information content (AvgIpc) is 2.15. The van der Waals surface area contributed by atoms with E-state index in [1.54, 1.807) is 19.4 Å². The number of aliphatic hydroxyl groups is 1. The molecule has 0 aliphatic carbocycles. The Bertz CT molecular complexity index is 158. The Labute approximate surface area is 54.0 Å². The third-order valence-corrected chi connectivity index (χ3v) is 1.03. The molecular weight excluding hydrogens is 116 g/mol. The molecule has 0 aromatic carbocycles. The monoisotopic (exact) mass is 126 g/mol. The van der Waals surface area contributed by atoms with Gasteiger partial charge in [0.2, 0.25) is 0 Å². The highest BCUT2D eigenvalue weighted by Crippen LogP contribution is 1.89. The van der Waals surface area contributed by atoms with Gasteiger partial charge in [0, 0.05) is 18.9 Å². The van der Waals surface area contributed by atoms with Gasteiger partial charge in [-0.05, 0) is 6.92 Å². The highest BCUT2D eigenvalue weighted by atomic mass is 16.3. The molecule has 0 aliphatic rings. The quantitative estimate of drug-likeness (QED) is 0.617. The molecule has 1 aromatic rings. The zero-order valence-corrected chi connectivity index (χ0v) is 5.36. The summed E-state index contributed by atoms with van der Waals surface area (Å²) in [6, 6.07) is 0. The molecular formula is C6H10N2O. The van der Waals surface area contributed by atoms with Crippen molar-refractivity contribution in [3.63, 3.8) is 0 Å². The number of aliphatic hydroxyl groups excluding tert-OH is 1. The van der Waals surface area contributed by atoms with Gasteiger partial charge in [-0.25, -0.2) is 4.98 Å². The van der Waals surface area contributed by atoms with Crippen LogP contribution in [0, 0.1) is 0 Å². The minimum Gasteiger partial charge on any atom is -0.392 e. The first-order valence-corrected chi connectivity index (χ1v) is 2.93. The topological polar surface area (TPSA) is 38.0 Å². The Kier molecular flexibility index (Phi) is 1.85. The lowest BCUT2D eigenvalue weighted by Crippen LogP contribution is -2.09. The van der Waals surface area contributed by atoms with Crippen LogP contribution in [0.15, 0.2) is 18.7 Å². The van der Waals surface area contributed by atoms with Crippen LogP contribution in [-0.2, 0) is 6.54 Å². The first kappa shape index (κ1) is 6.29. The summed E-state index contributed by atoms with van der Waals surface area (Å²) in [5.41, 5.74) is 0. The van der Waals surface area contributed by atoms with Gasteiger partial charge >= 0.3 is 0 Å². The number of hydrogen-bond acceptors (Lipinski definition) is 2. The molecule has 1 unspecified atom stereocenters. The molecule has 0 amide bonds. The Hall–Kier alpha value is -0.830. The number of rotatable bonds is 2. The molecule has 1 heterocycles. The fourth-order valence-corrected chi connectivity index (χ4v) is 0.700. The summed E-state index contributed by atoms with van der Waals surface area (Å²) in [4.78, 5) is 3.83. The van der Waals surface area contributed by atoms with E-state index in [-0.39, 0.29) is 6.10 Å². The Morgan fingerprint density at radius 2 is 2.56 bits per heavy atom. The summed E-state index contributed by atoms with van der Waals surface area (Å²) in [5, 5.41) is 8.88. The van der Waals surface area contributed by atoms with Crippen molar-refractivity contribution in [3.8, 4) is 0 Å². The standard InChI is InChI=1S/C6H10N2O/c1-6(9)4-8-3-2-7-5-8/h2-3,5-6,9H,4H2,1H3. The number of hydrogen-bond donors (Lipinski definition) is 1. The Morgan fingerprint density at radius 3 is 3.00 bits per heavy atom. The maximum atomic E-state index is 8.88. The van der Waals surface area contributed by atoms with Gasteiger partial charge < -0.3 is 9.67 Å². The van der Waals surface area contributed by atoms with Crippen LogP contribution in [0.4, 0.5) is 0 Å². The van der Waals surface area contributed by atoms with Crippen molar-refractivity contribution in [2.24, 2.45) is 0 Å². The van der Waals surface area contributed by atoms with E-state index in [0.29, 0.717) is 6.54 Å². The van der Waals surface area contributed by atoms with Crippen LogP contribution in [0.3, 0.4) is 0 Å². The fraction of sp³-hybridized carbons (Fsp3) is 0.500.